The molecule has 1 aromatic heterocycles. The van der Waals surface area contributed by atoms with E-state index in [1.807, 2.05) is 61.5 Å². The lowest BCUT2D eigenvalue weighted by Gasteiger charge is -1.98. The third kappa shape index (κ3) is 2.81. The van der Waals surface area contributed by atoms with Crippen LogP contribution in [0.15, 0.2) is 69.6 Å². The third-order valence-corrected chi connectivity index (χ3v) is 3.08. The topological polar surface area (TPSA) is 73.4 Å². The number of rotatable bonds is 3. The number of azo groups is 1. The molecule has 3 rings (SSSR count). The molecule has 0 fully saturated rings. The van der Waals surface area contributed by atoms with Gasteiger partial charge in [-0.2, -0.15) is 5.11 Å². The number of hydrogen-bond acceptors (Lipinski definition) is 3. The van der Waals surface area contributed by atoms with Crippen LogP contribution in [0.3, 0.4) is 0 Å². The van der Waals surface area contributed by atoms with Gasteiger partial charge in [-0.3, -0.25) is 15.0 Å². The monoisotopic (exact) mass is 278 g/mol. The molecule has 5 heteroatoms. The SMILES string of the molecule is Cc1cccc(N=Nc2c(-c3ccccc3)[nH][nH]c2=O)c1. The molecular formula is C16H14N4O. The van der Waals surface area contributed by atoms with Crippen molar-refractivity contribution >= 4 is 11.4 Å². The lowest BCUT2D eigenvalue weighted by Crippen LogP contribution is -1.96. The standard InChI is InChI=1S/C16H14N4O/c1-11-6-5-9-13(10-11)17-19-15-14(18-20-16(15)21)12-7-3-2-4-8-12/h2-10H,1H3,(H2,18,20,21). The fourth-order valence-electron chi connectivity index (χ4n) is 2.06. The number of hydrogen-bond donors (Lipinski definition) is 2. The molecule has 2 aromatic carbocycles. The lowest BCUT2D eigenvalue weighted by molar-refractivity contribution is 1.06. The minimum Gasteiger partial charge on any atom is -0.295 e. The highest BCUT2D eigenvalue weighted by Crippen LogP contribution is 2.26. The van der Waals surface area contributed by atoms with Crippen LogP contribution < -0.4 is 5.56 Å². The number of H-pyrrole nitrogens is 2. The summed E-state index contributed by atoms with van der Waals surface area (Å²) in [7, 11) is 0. The summed E-state index contributed by atoms with van der Waals surface area (Å²) in [5, 5.41) is 13.6. The van der Waals surface area contributed by atoms with Gasteiger partial charge in [0.05, 0.1) is 11.4 Å². The summed E-state index contributed by atoms with van der Waals surface area (Å²) >= 11 is 0. The normalized spacial score (nSPS) is 11.1. The largest absolute Gasteiger partial charge is 0.295 e. The van der Waals surface area contributed by atoms with Gasteiger partial charge in [0.15, 0.2) is 5.69 Å². The van der Waals surface area contributed by atoms with Gasteiger partial charge in [-0.15, -0.1) is 5.11 Å². The van der Waals surface area contributed by atoms with Crippen LogP contribution in [-0.2, 0) is 0 Å². The molecule has 0 spiro atoms. The predicted octanol–water partition coefficient (Wildman–Crippen LogP) is 4.09. The molecule has 3 aromatic rings. The van der Waals surface area contributed by atoms with Crippen LogP contribution >= 0.6 is 0 Å². The van der Waals surface area contributed by atoms with E-state index < -0.39 is 0 Å². The van der Waals surface area contributed by atoms with E-state index in [0.29, 0.717) is 5.69 Å². The first kappa shape index (κ1) is 13.1. The second-order valence-corrected chi connectivity index (χ2v) is 4.71. The Morgan fingerprint density at radius 2 is 1.71 bits per heavy atom. The Morgan fingerprint density at radius 1 is 0.905 bits per heavy atom. The molecule has 0 aliphatic heterocycles. The molecule has 2 N–H and O–H groups in total. The molecule has 0 unspecified atom stereocenters. The highest BCUT2D eigenvalue weighted by Gasteiger charge is 2.10. The number of nitrogens with zero attached hydrogens (tertiary/aromatic N) is 2. The smallest absolute Gasteiger partial charge is 0.292 e. The van der Waals surface area contributed by atoms with Gasteiger partial charge >= 0.3 is 0 Å². The van der Waals surface area contributed by atoms with E-state index in [4.69, 9.17) is 0 Å². The van der Waals surface area contributed by atoms with Crippen molar-refractivity contribution in [3.8, 4) is 11.3 Å². The lowest BCUT2D eigenvalue weighted by atomic mass is 10.1. The molecule has 5 nitrogen and oxygen atoms in total. The van der Waals surface area contributed by atoms with Crippen molar-refractivity contribution in [1.29, 1.82) is 0 Å². The fraction of sp³-hybridized carbons (Fsp3) is 0.0625. The summed E-state index contributed by atoms with van der Waals surface area (Å²) in [6.07, 6.45) is 0. The van der Waals surface area contributed by atoms with Gasteiger partial charge in [-0.05, 0) is 24.6 Å². The Balaban J connectivity index is 2.00. The number of aromatic nitrogens is 2. The highest BCUT2D eigenvalue weighted by atomic mass is 16.1. The fourth-order valence-corrected chi connectivity index (χ4v) is 2.06. The summed E-state index contributed by atoms with van der Waals surface area (Å²) in [5.41, 5.74) is 3.33. The van der Waals surface area contributed by atoms with Gasteiger partial charge in [0.1, 0.15) is 0 Å². The molecule has 0 radical (unpaired) electrons. The third-order valence-electron chi connectivity index (χ3n) is 3.08. The molecule has 0 aliphatic carbocycles. The summed E-state index contributed by atoms with van der Waals surface area (Å²) in [4.78, 5) is 11.9. The Bertz CT molecular complexity index is 831. The van der Waals surface area contributed by atoms with E-state index in [9.17, 15) is 4.79 Å². The summed E-state index contributed by atoms with van der Waals surface area (Å²) < 4.78 is 0. The Hall–Kier alpha value is -2.95. The van der Waals surface area contributed by atoms with Crippen LogP contribution in [0.1, 0.15) is 5.56 Å². The molecule has 0 saturated heterocycles. The number of aromatic amines is 2. The van der Waals surface area contributed by atoms with E-state index in [1.54, 1.807) is 0 Å². The molecule has 104 valence electrons. The first-order valence-corrected chi connectivity index (χ1v) is 6.58. The maximum Gasteiger partial charge on any atom is 0.292 e. The van der Waals surface area contributed by atoms with Crippen molar-refractivity contribution in [3.63, 3.8) is 0 Å². The van der Waals surface area contributed by atoms with Crippen molar-refractivity contribution in [2.45, 2.75) is 6.92 Å². The maximum absolute atomic E-state index is 11.9. The molecule has 1 heterocycles. The molecule has 0 bridgehead atoms. The van der Waals surface area contributed by atoms with Crippen LogP contribution in [0, 0.1) is 6.92 Å². The Labute approximate surface area is 121 Å². The van der Waals surface area contributed by atoms with Crippen LogP contribution in [0.5, 0.6) is 0 Å². The minimum absolute atomic E-state index is 0.280. The minimum atomic E-state index is -0.287. The zero-order chi connectivity index (χ0) is 14.7. The van der Waals surface area contributed by atoms with Crippen LogP contribution in [0.2, 0.25) is 0 Å². The van der Waals surface area contributed by atoms with Crippen molar-refractivity contribution in [2.75, 3.05) is 0 Å². The molecule has 0 saturated carbocycles. The van der Waals surface area contributed by atoms with E-state index in [-0.39, 0.29) is 11.2 Å². The van der Waals surface area contributed by atoms with Crippen molar-refractivity contribution in [2.24, 2.45) is 10.2 Å². The number of nitrogens with one attached hydrogen (secondary N) is 2. The summed E-state index contributed by atoms with van der Waals surface area (Å²) in [6, 6.07) is 17.2. The quantitative estimate of drug-likeness (QED) is 0.696. The Kier molecular flexibility index (Phi) is 3.47. The molecular weight excluding hydrogens is 264 g/mol. The van der Waals surface area contributed by atoms with Crippen LogP contribution in [-0.4, -0.2) is 10.2 Å². The van der Waals surface area contributed by atoms with Gasteiger partial charge in [-0.1, -0.05) is 42.5 Å². The summed E-state index contributed by atoms with van der Waals surface area (Å²) in [5.74, 6) is 0. The maximum atomic E-state index is 11.9. The zero-order valence-electron chi connectivity index (χ0n) is 11.5. The molecule has 0 atom stereocenters. The van der Waals surface area contributed by atoms with Gasteiger partial charge in [0.25, 0.3) is 5.56 Å². The average molecular weight is 278 g/mol. The van der Waals surface area contributed by atoms with Crippen molar-refractivity contribution < 1.29 is 0 Å². The van der Waals surface area contributed by atoms with Gasteiger partial charge in [-0.25, -0.2) is 0 Å². The number of benzene rings is 2. The summed E-state index contributed by atoms with van der Waals surface area (Å²) in [6.45, 7) is 1.98. The Morgan fingerprint density at radius 3 is 2.48 bits per heavy atom. The molecule has 0 amide bonds. The zero-order valence-corrected chi connectivity index (χ0v) is 11.5. The first-order chi connectivity index (χ1) is 10.2. The first-order valence-electron chi connectivity index (χ1n) is 6.58. The van der Waals surface area contributed by atoms with Gasteiger partial charge < -0.3 is 0 Å². The second kappa shape index (κ2) is 5.58. The van der Waals surface area contributed by atoms with E-state index in [1.165, 1.54) is 0 Å². The number of aryl methyl sites for hydroxylation is 1. The van der Waals surface area contributed by atoms with Gasteiger partial charge in [0, 0.05) is 5.56 Å². The predicted molar refractivity (Wildman–Crippen MR) is 82.2 cm³/mol. The van der Waals surface area contributed by atoms with Crippen molar-refractivity contribution in [1.82, 2.24) is 10.2 Å². The molecule has 0 aliphatic rings. The van der Waals surface area contributed by atoms with Crippen LogP contribution in [0.25, 0.3) is 11.3 Å². The van der Waals surface area contributed by atoms with Crippen molar-refractivity contribution in [3.05, 3.63) is 70.5 Å². The van der Waals surface area contributed by atoms with E-state index >= 15 is 0 Å². The van der Waals surface area contributed by atoms with Gasteiger partial charge in [0.2, 0.25) is 0 Å². The average Bonchev–Trinajstić information content (AvgIpc) is 2.87. The molecule has 21 heavy (non-hydrogen) atoms. The second-order valence-electron chi connectivity index (χ2n) is 4.71. The van der Waals surface area contributed by atoms with Crippen LogP contribution in [0.4, 0.5) is 11.4 Å². The highest BCUT2D eigenvalue weighted by molar-refractivity contribution is 5.70. The van der Waals surface area contributed by atoms with E-state index in [0.717, 1.165) is 16.8 Å². The van der Waals surface area contributed by atoms with E-state index in [2.05, 4.69) is 20.4 Å².